The summed E-state index contributed by atoms with van der Waals surface area (Å²) in [5, 5.41) is 0. The molecule has 0 heterocycles. The molecule has 4 aromatic rings. The minimum absolute atomic E-state index is 0.368. The lowest BCUT2D eigenvalue weighted by atomic mass is 9.98. The van der Waals surface area contributed by atoms with E-state index in [2.05, 4.69) is 31.9 Å². The number of rotatable bonds is 6. The third-order valence-corrected chi connectivity index (χ3v) is 6.26. The highest BCUT2D eigenvalue weighted by Gasteiger charge is 2.24. The van der Waals surface area contributed by atoms with Gasteiger partial charge in [0.2, 0.25) is 0 Å². The summed E-state index contributed by atoms with van der Waals surface area (Å²) in [5.74, 6) is -0.735. The molecule has 31 heavy (non-hydrogen) atoms. The van der Waals surface area contributed by atoms with Gasteiger partial charge in [-0.1, -0.05) is 72.8 Å². The van der Waals surface area contributed by atoms with Crippen LogP contribution in [0.5, 0.6) is 0 Å². The quantitative estimate of drug-likeness (QED) is 0.237. The zero-order chi connectivity index (χ0) is 21.8. The van der Waals surface area contributed by atoms with Gasteiger partial charge in [0.05, 0.1) is 8.95 Å². The second-order valence-corrected chi connectivity index (χ2v) is 8.77. The van der Waals surface area contributed by atoms with Gasteiger partial charge in [0.1, 0.15) is 23.8 Å². The van der Waals surface area contributed by atoms with Gasteiger partial charge in [0, 0.05) is 0 Å². The fourth-order valence-corrected chi connectivity index (χ4v) is 3.94. The summed E-state index contributed by atoms with van der Waals surface area (Å²) in [6, 6.07) is 29.2. The SMILES string of the molecule is Fc1cc(C(OC(c2ccccc2)c2ccc(Br)c(F)c2)c2ccccc2)ccc1Br. The van der Waals surface area contributed by atoms with Gasteiger partial charge in [-0.15, -0.1) is 0 Å². The van der Waals surface area contributed by atoms with Crippen molar-refractivity contribution in [3.63, 3.8) is 0 Å². The van der Waals surface area contributed by atoms with Crippen molar-refractivity contribution in [3.05, 3.63) is 140 Å². The van der Waals surface area contributed by atoms with Crippen molar-refractivity contribution >= 4 is 31.9 Å². The topological polar surface area (TPSA) is 9.23 Å². The van der Waals surface area contributed by atoms with Crippen molar-refractivity contribution in [3.8, 4) is 0 Å². The highest BCUT2D eigenvalue weighted by atomic mass is 79.9. The zero-order valence-corrected chi connectivity index (χ0v) is 19.5. The molecule has 0 aliphatic rings. The molecule has 0 aliphatic heterocycles. The molecule has 0 spiro atoms. The minimum atomic E-state index is -0.555. The Morgan fingerprint density at radius 1 is 0.516 bits per heavy atom. The van der Waals surface area contributed by atoms with E-state index in [1.54, 1.807) is 12.1 Å². The van der Waals surface area contributed by atoms with Crippen molar-refractivity contribution in [1.29, 1.82) is 0 Å². The van der Waals surface area contributed by atoms with Gasteiger partial charge >= 0.3 is 0 Å². The molecule has 0 aliphatic carbocycles. The summed E-state index contributed by atoms with van der Waals surface area (Å²) in [7, 11) is 0. The van der Waals surface area contributed by atoms with Crippen molar-refractivity contribution in [2.45, 2.75) is 12.2 Å². The number of hydrogen-bond acceptors (Lipinski definition) is 1. The molecule has 0 aromatic heterocycles. The Morgan fingerprint density at radius 3 is 1.26 bits per heavy atom. The first-order chi connectivity index (χ1) is 15.0. The molecular formula is C26H18Br2F2O. The van der Waals surface area contributed by atoms with Crippen LogP contribution in [0.4, 0.5) is 8.78 Å². The maximum Gasteiger partial charge on any atom is 0.137 e. The van der Waals surface area contributed by atoms with E-state index >= 15 is 0 Å². The molecule has 2 atom stereocenters. The molecule has 4 aromatic carbocycles. The van der Waals surface area contributed by atoms with Crippen LogP contribution in [0, 0.1) is 11.6 Å². The third-order valence-electron chi connectivity index (χ3n) is 4.97. The molecule has 2 unspecified atom stereocenters. The molecule has 156 valence electrons. The summed E-state index contributed by atoms with van der Waals surface area (Å²) in [5.41, 5.74) is 3.10. The lowest BCUT2D eigenvalue weighted by Gasteiger charge is -2.27. The predicted octanol–water partition coefficient (Wildman–Crippen LogP) is 8.39. The second-order valence-electron chi connectivity index (χ2n) is 7.06. The largest absolute Gasteiger partial charge is 0.356 e. The molecule has 0 amide bonds. The van der Waals surface area contributed by atoms with Crippen LogP contribution in [0.2, 0.25) is 0 Å². The van der Waals surface area contributed by atoms with E-state index in [9.17, 15) is 8.78 Å². The van der Waals surface area contributed by atoms with Gasteiger partial charge in [-0.2, -0.15) is 0 Å². The molecule has 0 N–H and O–H groups in total. The fraction of sp³-hybridized carbons (Fsp3) is 0.0769. The summed E-state index contributed by atoms with van der Waals surface area (Å²) in [4.78, 5) is 0. The van der Waals surface area contributed by atoms with E-state index in [0.717, 1.165) is 11.1 Å². The van der Waals surface area contributed by atoms with Gasteiger partial charge < -0.3 is 4.74 Å². The highest BCUT2D eigenvalue weighted by molar-refractivity contribution is 9.10. The Hall–Kier alpha value is -2.34. The average molecular weight is 544 g/mol. The van der Waals surface area contributed by atoms with Gasteiger partial charge in [-0.05, 0) is 78.4 Å². The van der Waals surface area contributed by atoms with Crippen LogP contribution in [0.3, 0.4) is 0 Å². The van der Waals surface area contributed by atoms with Crippen molar-refractivity contribution in [2.24, 2.45) is 0 Å². The first-order valence-corrected chi connectivity index (χ1v) is 11.3. The van der Waals surface area contributed by atoms with E-state index < -0.39 is 12.2 Å². The molecule has 0 radical (unpaired) electrons. The molecule has 0 bridgehead atoms. The zero-order valence-electron chi connectivity index (χ0n) is 16.3. The average Bonchev–Trinajstić information content (AvgIpc) is 2.80. The van der Waals surface area contributed by atoms with Crippen LogP contribution < -0.4 is 0 Å². The van der Waals surface area contributed by atoms with E-state index in [4.69, 9.17) is 4.74 Å². The van der Waals surface area contributed by atoms with Gasteiger partial charge in [0.25, 0.3) is 0 Å². The Labute approximate surface area is 197 Å². The Balaban J connectivity index is 1.82. The standard InChI is InChI=1S/C26H18Br2F2O/c27-21-13-11-19(15-23(21)29)25(17-7-3-1-4-8-17)31-26(18-9-5-2-6-10-18)20-12-14-22(28)24(30)16-20/h1-16,25-26H. The van der Waals surface area contributed by atoms with Crippen LogP contribution in [0.25, 0.3) is 0 Å². The number of hydrogen-bond donors (Lipinski definition) is 0. The summed E-state index contributed by atoms with van der Waals surface area (Å²) in [6.45, 7) is 0. The Morgan fingerprint density at radius 2 is 0.903 bits per heavy atom. The molecule has 0 saturated heterocycles. The van der Waals surface area contributed by atoms with E-state index in [0.29, 0.717) is 20.1 Å². The van der Waals surface area contributed by atoms with Crippen LogP contribution in [-0.4, -0.2) is 0 Å². The van der Waals surface area contributed by atoms with Crippen LogP contribution in [0.15, 0.2) is 106 Å². The number of benzene rings is 4. The second kappa shape index (κ2) is 9.86. The summed E-state index contributed by atoms with van der Waals surface area (Å²) < 4.78 is 36.2. The first kappa shape index (κ1) is 21.9. The van der Waals surface area contributed by atoms with Crippen LogP contribution in [-0.2, 0) is 4.74 Å². The van der Waals surface area contributed by atoms with E-state index in [-0.39, 0.29) is 11.6 Å². The molecular weight excluding hydrogens is 526 g/mol. The molecule has 5 heteroatoms. The van der Waals surface area contributed by atoms with Crippen molar-refractivity contribution in [1.82, 2.24) is 0 Å². The van der Waals surface area contributed by atoms with Crippen LogP contribution in [0.1, 0.15) is 34.5 Å². The maximum absolute atomic E-state index is 14.4. The van der Waals surface area contributed by atoms with Crippen molar-refractivity contribution < 1.29 is 13.5 Å². The molecule has 1 nitrogen and oxygen atoms in total. The Bertz CT molecular complexity index is 1070. The van der Waals surface area contributed by atoms with E-state index in [1.165, 1.54) is 12.1 Å². The van der Waals surface area contributed by atoms with E-state index in [1.807, 2.05) is 72.8 Å². The highest BCUT2D eigenvalue weighted by Crippen LogP contribution is 2.37. The lowest BCUT2D eigenvalue weighted by molar-refractivity contribution is 0.0305. The monoisotopic (exact) mass is 542 g/mol. The normalized spacial score (nSPS) is 13.0. The van der Waals surface area contributed by atoms with Crippen LogP contribution >= 0.6 is 31.9 Å². The molecule has 0 fully saturated rings. The maximum atomic E-state index is 14.4. The number of ether oxygens (including phenoxy) is 1. The smallest absolute Gasteiger partial charge is 0.137 e. The summed E-state index contributed by atoms with van der Waals surface area (Å²) in [6.07, 6.45) is -1.11. The number of halogens is 4. The fourth-order valence-electron chi connectivity index (χ4n) is 3.44. The van der Waals surface area contributed by atoms with Crippen molar-refractivity contribution in [2.75, 3.05) is 0 Å². The van der Waals surface area contributed by atoms with Gasteiger partial charge in [0.15, 0.2) is 0 Å². The third kappa shape index (κ3) is 5.12. The first-order valence-electron chi connectivity index (χ1n) is 9.68. The molecule has 0 saturated carbocycles. The van der Waals surface area contributed by atoms with Gasteiger partial charge in [-0.25, -0.2) is 8.78 Å². The Kier molecular flexibility index (Phi) is 6.96. The van der Waals surface area contributed by atoms with Gasteiger partial charge in [-0.3, -0.25) is 0 Å². The minimum Gasteiger partial charge on any atom is -0.356 e. The summed E-state index contributed by atoms with van der Waals surface area (Å²) >= 11 is 6.42. The lowest BCUT2D eigenvalue weighted by Crippen LogP contribution is -2.14. The predicted molar refractivity (Wildman–Crippen MR) is 126 cm³/mol. The molecule has 4 rings (SSSR count).